The first-order chi connectivity index (χ1) is 14.5. The topological polar surface area (TPSA) is 84.9 Å². The zero-order valence-corrected chi connectivity index (χ0v) is 18.6. The normalized spacial score (nSPS) is 18.3. The fourth-order valence-corrected chi connectivity index (χ4v) is 4.76. The Balaban J connectivity index is 2.01. The van der Waals surface area contributed by atoms with Crippen molar-refractivity contribution in [1.29, 1.82) is 0 Å². The Hall–Kier alpha value is -1.46. The van der Waals surface area contributed by atoms with Gasteiger partial charge in [-0.2, -0.15) is 18.2 Å². The third kappa shape index (κ3) is 5.67. The van der Waals surface area contributed by atoms with Crippen molar-refractivity contribution in [2.75, 3.05) is 24.5 Å². The second-order valence-electron chi connectivity index (χ2n) is 6.36. The Bertz CT molecular complexity index is 1090. The van der Waals surface area contributed by atoms with Crippen LogP contribution in [0.25, 0.3) is 0 Å². The summed E-state index contributed by atoms with van der Waals surface area (Å²) >= 11 is 11.6. The van der Waals surface area contributed by atoms with Gasteiger partial charge in [-0.05, 0) is 35.9 Å². The maximum Gasteiger partial charge on any atom is 0.417 e. The van der Waals surface area contributed by atoms with E-state index in [0.29, 0.717) is 18.2 Å². The highest BCUT2D eigenvalue weighted by Gasteiger charge is 2.35. The molecule has 1 saturated heterocycles. The van der Waals surface area contributed by atoms with Crippen molar-refractivity contribution >= 4 is 47.6 Å². The zero-order valence-electron chi connectivity index (χ0n) is 15.4. The van der Waals surface area contributed by atoms with Crippen LogP contribution in [0.4, 0.5) is 18.9 Å². The van der Waals surface area contributed by atoms with Crippen LogP contribution in [0.3, 0.4) is 0 Å². The summed E-state index contributed by atoms with van der Waals surface area (Å²) in [6.45, 7) is 0.636. The van der Waals surface area contributed by atoms with Gasteiger partial charge in [0, 0.05) is 11.6 Å². The number of alkyl halides is 3. The summed E-state index contributed by atoms with van der Waals surface area (Å²) in [7, 11) is -5.06. The van der Waals surface area contributed by atoms with Crippen molar-refractivity contribution in [3.05, 3.63) is 57.6 Å². The monoisotopic (exact) mass is 516 g/mol. The van der Waals surface area contributed by atoms with Gasteiger partial charge in [0.1, 0.15) is 0 Å². The van der Waals surface area contributed by atoms with E-state index in [2.05, 4.69) is 4.72 Å². The fraction of sp³-hybridized carbons (Fsp3) is 0.294. The molecule has 168 valence electrons. The summed E-state index contributed by atoms with van der Waals surface area (Å²) < 4.78 is 88.7. The first kappa shape index (κ1) is 24.2. The molecule has 0 saturated carbocycles. The number of hydrogen-bond acceptors (Lipinski definition) is 6. The Morgan fingerprint density at radius 1 is 1.19 bits per heavy atom. The molecule has 31 heavy (non-hydrogen) atoms. The Morgan fingerprint density at radius 2 is 1.94 bits per heavy atom. The number of hydroxylamine groups is 2. The molecule has 1 fully saturated rings. The molecule has 3 rings (SSSR count). The molecule has 0 aromatic heterocycles. The molecule has 1 atom stereocenters. The standard InChI is InChI=1S/C17H14Cl2F3N2O5PS/c18-10-1-3-12(16-9-28-6-5-24(16)29-30-25)15(7-10)23-31(26,27)11-2-4-14(19)13(8-11)17(20,21)22/h1-4,7-8,16,23H,5-6,9H2. The van der Waals surface area contributed by atoms with Gasteiger partial charge in [-0.15, -0.1) is 0 Å². The summed E-state index contributed by atoms with van der Waals surface area (Å²) in [5, 5.41) is 0.905. The number of halogens is 5. The summed E-state index contributed by atoms with van der Waals surface area (Å²) in [6.07, 6.45) is -4.83. The lowest BCUT2D eigenvalue weighted by atomic mass is 10.0. The number of morpholine rings is 1. The number of sulfonamides is 1. The Labute approximate surface area is 187 Å². The smallest absolute Gasteiger partial charge is 0.378 e. The van der Waals surface area contributed by atoms with Crippen molar-refractivity contribution < 1.29 is 35.5 Å². The molecule has 14 heteroatoms. The van der Waals surface area contributed by atoms with Gasteiger partial charge in [0.2, 0.25) is 0 Å². The molecule has 0 radical (unpaired) electrons. The molecular formula is C17H14Cl2F3N2O5PS. The molecular weight excluding hydrogens is 503 g/mol. The van der Waals surface area contributed by atoms with E-state index in [1.165, 1.54) is 23.3 Å². The highest BCUT2D eigenvalue weighted by Crippen LogP contribution is 2.37. The molecule has 0 spiro atoms. The van der Waals surface area contributed by atoms with Gasteiger partial charge in [-0.25, -0.2) is 17.6 Å². The van der Waals surface area contributed by atoms with Gasteiger partial charge < -0.3 is 4.74 Å². The number of nitrogens with zero attached hydrogens (tertiary/aromatic N) is 1. The molecule has 1 heterocycles. The second kappa shape index (κ2) is 9.58. The number of hydrogen-bond donors (Lipinski definition) is 1. The maximum absolute atomic E-state index is 13.1. The number of benzene rings is 2. The van der Waals surface area contributed by atoms with E-state index in [-0.39, 0.29) is 23.9 Å². The lowest BCUT2D eigenvalue weighted by Crippen LogP contribution is -2.38. The molecule has 1 N–H and O–H groups in total. The van der Waals surface area contributed by atoms with Crippen LogP contribution in [-0.2, 0) is 30.1 Å². The predicted molar refractivity (Wildman–Crippen MR) is 108 cm³/mol. The van der Waals surface area contributed by atoms with Crippen molar-refractivity contribution in [1.82, 2.24) is 5.06 Å². The molecule has 7 nitrogen and oxygen atoms in total. The molecule has 2 aromatic carbocycles. The van der Waals surface area contributed by atoms with Crippen molar-refractivity contribution in [2.45, 2.75) is 17.1 Å². The van der Waals surface area contributed by atoms with E-state index in [4.69, 9.17) is 32.6 Å². The van der Waals surface area contributed by atoms with Gasteiger partial charge >= 0.3 is 14.9 Å². The fourth-order valence-electron chi connectivity index (χ4n) is 2.97. The minimum atomic E-state index is -4.83. The zero-order chi connectivity index (χ0) is 22.8. The lowest BCUT2D eigenvalue weighted by Gasteiger charge is -2.33. The van der Waals surface area contributed by atoms with Crippen LogP contribution in [0.5, 0.6) is 0 Å². The lowest BCUT2D eigenvalue weighted by molar-refractivity contribution is -0.152. The van der Waals surface area contributed by atoms with Crippen LogP contribution in [0, 0.1) is 0 Å². The summed E-state index contributed by atoms with van der Waals surface area (Å²) in [6, 6.07) is 5.93. The molecule has 1 aliphatic heterocycles. The van der Waals surface area contributed by atoms with Crippen molar-refractivity contribution in [3.63, 3.8) is 0 Å². The highest BCUT2D eigenvalue weighted by atomic mass is 35.5. The maximum atomic E-state index is 13.1. The quantitative estimate of drug-likeness (QED) is 0.522. The van der Waals surface area contributed by atoms with Crippen molar-refractivity contribution in [2.24, 2.45) is 0 Å². The molecule has 1 unspecified atom stereocenters. The van der Waals surface area contributed by atoms with E-state index in [1.807, 2.05) is 0 Å². The largest absolute Gasteiger partial charge is 0.417 e. The van der Waals surface area contributed by atoms with Gasteiger partial charge in [0.15, 0.2) is 0 Å². The summed E-state index contributed by atoms with van der Waals surface area (Å²) in [5.41, 5.74) is -0.915. The van der Waals surface area contributed by atoms with Crippen LogP contribution in [0.15, 0.2) is 41.3 Å². The third-order valence-electron chi connectivity index (χ3n) is 4.39. The molecule has 2 aromatic rings. The van der Waals surface area contributed by atoms with Crippen LogP contribution in [0.1, 0.15) is 17.2 Å². The predicted octanol–water partition coefficient (Wildman–Crippen LogP) is 5.32. The minimum Gasteiger partial charge on any atom is -0.378 e. The van der Waals surface area contributed by atoms with Crippen LogP contribution >= 0.6 is 31.9 Å². The Morgan fingerprint density at radius 3 is 2.61 bits per heavy atom. The van der Waals surface area contributed by atoms with E-state index < -0.39 is 46.4 Å². The average molecular weight is 517 g/mol. The van der Waals surface area contributed by atoms with Crippen LogP contribution < -0.4 is 4.72 Å². The van der Waals surface area contributed by atoms with Gasteiger partial charge in [-0.1, -0.05) is 29.3 Å². The first-order valence-corrected chi connectivity index (χ1v) is 11.5. The molecule has 0 bridgehead atoms. The van der Waals surface area contributed by atoms with E-state index in [9.17, 15) is 26.2 Å². The van der Waals surface area contributed by atoms with Gasteiger partial charge in [0.25, 0.3) is 10.0 Å². The molecule has 1 aliphatic rings. The summed E-state index contributed by atoms with van der Waals surface area (Å²) in [4.78, 5) is -0.638. The third-order valence-corrected chi connectivity index (χ3v) is 6.59. The summed E-state index contributed by atoms with van der Waals surface area (Å²) in [5.74, 6) is 0. The van der Waals surface area contributed by atoms with E-state index in [1.54, 1.807) is 0 Å². The number of rotatable bonds is 6. The second-order valence-corrected chi connectivity index (χ2v) is 9.20. The SMILES string of the molecule is O=PON1CCOCC1c1ccc(Cl)cc1NS(=O)(=O)c1ccc(Cl)c(C(F)(F)F)c1. The number of nitrogens with one attached hydrogen (secondary N) is 1. The molecule has 0 amide bonds. The number of ether oxygens (including phenoxy) is 1. The molecule has 0 aliphatic carbocycles. The Kier molecular flexibility index (Phi) is 7.47. The van der Waals surface area contributed by atoms with Gasteiger partial charge in [0.05, 0.1) is 40.4 Å². The van der Waals surface area contributed by atoms with Crippen LogP contribution in [0.2, 0.25) is 10.0 Å². The van der Waals surface area contributed by atoms with Crippen molar-refractivity contribution in [3.8, 4) is 0 Å². The van der Waals surface area contributed by atoms with Crippen LogP contribution in [-0.4, -0.2) is 33.2 Å². The first-order valence-electron chi connectivity index (χ1n) is 8.56. The van der Waals surface area contributed by atoms with Gasteiger partial charge in [-0.3, -0.25) is 4.72 Å². The minimum absolute atomic E-state index is 0.00248. The van der Waals surface area contributed by atoms with E-state index in [0.717, 1.165) is 12.1 Å². The highest BCUT2D eigenvalue weighted by molar-refractivity contribution is 7.92. The number of anilines is 1. The van der Waals surface area contributed by atoms with E-state index >= 15 is 0 Å². The average Bonchev–Trinajstić information content (AvgIpc) is 2.68.